The predicted octanol–water partition coefficient (Wildman–Crippen LogP) is 4.27. The quantitative estimate of drug-likeness (QED) is 0.751. The molecule has 2 aromatic carbocycles. The first kappa shape index (κ1) is 16.8. The van der Waals surface area contributed by atoms with Crippen LogP contribution < -0.4 is 5.32 Å². The number of hydrogen-bond acceptors (Lipinski definition) is 2. The van der Waals surface area contributed by atoms with Crippen LogP contribution in [0.4, 0.5) is 18.9 Å². The Hall–Kier alpha value is -3.09. The Balaban J connectivity index is 1.66. The number of hydrogen-bond donors (Lipinski definition) is 1. The van der Waals surface area contributed by atoms with Crippen molar-refractivity contribution in [3.8, 4) is 11.1 Å². The number of carbonyl (C=O) groups is 1. The zero-order valence-corrected chi connectivity index (χ0v) is 13.0. The van der Waals surface area contributed by atoms with Crippen LogP contribution in [0.5, 0.6) is 0 Å². The smallest absolute Gasteiger partial charge is 0.326 e. The summed E-state index contributed by atoms with van der Waals surface area (Å²) in [6, 6.07) is 12.8. The average molecular weight is 345 g/mol. The number of rotatable bonds is 5. The van der Waals surface area contributed by atoms with Crippen LogP contribution >= 0.6 is 0 Å². The fourth-order valence-electron chi connectivity index (χ4n) is 2.36. The minimum atomic E-state index is -2.69. The van der Waals surface area contributed by atoms with Gasteiger partial charge in [0.25, 0.3) is 0 Å². The van der Waals surface area contributed by atoms with Gasteiger partial charge in [-0.1, -0.05) is 30.3 Å². The van der Waals surface area contributed by atoms with Gasteiger partial charge in [0.15, 0.2) is 0 Å². The van der Waals surface area contributed by atoms with Crippen molar-refractivity contribution in [1.82, 2.24) is 9.78 Å². The van der Waals surface area contributed by atoms with Gasteiger partial charge in [0.05, 0.1) is 12.6 Å². The Kier molecular flexibility index (Phi) is 4.83. The molecule has 1 N–H and O–H groups in total. The van der Waals surface area contributed by atoms with Crippen LogP contribution in [0.1, 0.15) is 12.1 Å². The van der Waals surface area contributed by atoms with Crippen molar-refractivity contribution in [3.63, 3.8) is 0 Å². The molecule has 0 aliphatic rings. The van der Waals surface area contributed by atoms with Crippen LogP contribution in [0.3, 0.4) is 0 Å². The highest BCUT2D eigenvalue weighted by Crippen LogP contribution is 2.22. The zero-order valence-electron chi connectivity index (χ0n) is 13.0. The minimum absolute atomic E-state index is 0.0738. The largest absolute Gasteiger partial charge is 0.333 e. The lowest BCUT2D eigenvalue weighted by atomic mass is 10.1. The molecule has 0 radical (unpaired) electrons. The third-order valence-electron chi connectivity index (χ3n) is 3.61. The number of nitrogens with one attached hydrogen (secondary N) is 1. The molecule has 25 heavy (non-hydrogen) atoms. The highest BCUT2D eigenvalue weighted by atomic mass is 19.3. The maximum absolute atomic E-state index is 13.5. The molecule has 128 valence electrons. The van der Waals surface area contributed by atoms with Crippen LogP contribution in [0.2, 0.25) is 0 Å². The summed E-state index contributed by atoms with van der Waals surface area (Å²) in [5.41, 5.74) is 2.09. The van der Waals surface area contributed by atoms with Gasteiger partial charge in [0, 0.05) is 17.4 Å². The third kappa shape index (κ3) is 4.06. The van der Waals surface area contributed by atoms with E-state index < -0.39 is 12.4 Å². The van der Waals surface area contributed by atoms with Crippen molar-refractivity contribution in [1.29, 1.82) is 0 Å². The standard InChI is InChI=1S/C18H14F3N3O/c19-16-4-2-1-3-13(16)9-17(25)23-15-7-5-12(6-8-15)14-10-22-24(11-14)18(20)21/h1-8,10-11,18H,9H2,(H,23,25). The summed E-state index contributed by atoms with van der Waals surface area (Å²) in [6.45, 7) is -2.69. The molecule has 0 saturated heterocycles. The van der Waals surface area contributed by atoms with E-state index >= 15 is 0 Å². The Morgan fingerprint density at radius 3 is 2.44 bits per heavy atom. The van der Waals surface area contributed by atoms with E-state index in [-0.39, 0.29) is 12.3 Å². The average Bonchev–Trinajstić information content (AvgIpc) is 3.08. The second-order valence-corrected chi connectivity index (χ2v) is 5.38. The van der Waals surface area contributed by atoms with E-state index in [1.54, 1.807) is 42.5 Å². The van der Waals surface area contributed by atoms with Crippen LogP contribution in [0.25, 0.3) is 11.1 Å². The summed E-state index contributed by atoms with van der Waals surface area (Å²) in [6.07, 6.45) is 2.52. The number of anilines is 1. The lowest BCUT2D eigenvalue weighted by molar-refractivity contribution is -0.115. The molecule has 0 aliphatic heterocycles. The molecule has 3 aromatic rings. The number of carbonyl (C=O) groups excluding carboxylic acids is 1. The van der Waals surface area contributed by atoms with E-state index in [1.165, 1.54) is 18.5 Å². The first-order valence-electron chi connectivity index (χ1n) is 7.49. The Labute approximate surface area is 141 Å². The molecule has 0 aliphatic carbocycles. The normalized spacial score (nSPS) is 10.9. The molecule has 0 fully saturated rings. The molecule has 7 heteroatoms. The number of halogens is 3. The highest BCUT2D eigenvalue weighted by molar-refractivity contribution is 5.92. The maximum atomic E-state index is 13.5. The van der Waals surface area contributed by atoms with Crippen molar-refractivity contribution in [3.05, 3.63) is 72.3 Å². The molecule has 0 bridgehead atoms. The lowest BCUT2D eigenvalue weighted by Crippen LogP contribution is -2.15. The van der Waals surface area contributed by atoms with Gasteiger partial charge in [0.2, 0.25) is 5.91 Å². The summed E-state index contributed by atoms with van der Waals surface area (Å²) in [5, 5.41) is 6.25. The van der Waals surface area contributed by atoms with Gasteiger partial charge in [-0.2, -0.15) is 13.9 Å². The molecule has 0 atom stereocenters. The number of nitrogens with zero attached hydrogens (tertiary/aromatic N) is 2. The minimum Gasteiger partial charge on any atom is -0.326 e. The predicted molar refractivity (Wildman–Crippen MR) is 87.6 cm³/mol. The molecule has 4 nitrogen and oxygen atoms in total. The molecule has 1 aromatic heterocycles. The van der Waals surface area contributed by atoms with Crippen molar-refractivity contribution < 1.29 is 18.0 Å². The van der Waals surface area contributed by atoms with Crippen molar-refractivity contribution in [2.75, 3.05) is 5.32 Å². The Morgan fingerprint density at radius 1 is 1.08 bits per heavy atom. The van der Waals surface area contributed by atoms with Gasteiger partial charge in [-0.25, -0.2) is 9.07 Å². The number of aromatic nitrogens is 2. The van der Waals surface area contributed by atoms with Crippen LogP contribution in [-0.4, -0.2) is 15.7 Å². The van der Waals surface area contributed by atoms with Crippen LogP contribution in [-0.2, 0) is 11.2 Å². The van der Waals surface area contributed by atoms with E-state index in [4.69, 9.17) is 0 Å². The summed E-state index contributed by atoms with van der Waals surface area (Å²) < 4.78 is 39.2. The topological polar surface area (TPSA) is 46.9 Å². The maximum Gasteiger partial charge on any atom is 0.333 e. The monoisotopic (exact) mass is 345 g/mol. The molecule has 1 heterocycles. The first-order valence-corrected chi connectivity index (χ1v) is 7.49. The van der Waals surface area contributed by atoms with Crippen molar-refractivity contribution >= 4 is 11.6 Å². The van der Waals surface area contributed by atoms with Gasteiger partial charge in [0.1, 0.15) is 5.82 Å². The summed E-state index contributed by atoms with van der Waals surface area (Å²) in [5.74, 6) is -0.771. The zero-order chi connectivity index (χ0) is 17.8. The molecular formula is C18H14F3N3O. The number of amides is 1. The first-order chi connectivity index (χ1) is 12.0. The fraction of sp³-hybridized carbons (Fsp3) is 0.111. The van der Waals surface area contributed by atoms with Gasteiger partial charge in [-0.3, -0.25) is 4.79 Å². The van der Waals surface area contributed by atoms with Gasteiger partial charge >= 0.3 is 6.55 Å². The van der Waals surface area contributed by atoms with Crippen LogP contribution in [0.15, 0.2) is 60.9 Å². The Bertz CT molecular complexity index is 875. The molecule has 0 saturated carbocycles. The number of benzene rings is 2. The van der Waals surface area contributed by atoms with E-state index in [9.17, 15) is 18.0 Å². The van der Waals surface area contributed by atoms with E-state index in [1.807, 2.05) is 0 Å². The van der Waals surface area contributed by atoms with Gasteiger partial charge in [-0.05, 0) is 29.3 Å². The second kappa shape index (κ2) is 7.21. The van der Waals surface area contributed by atoms with E-state index in [0.29, 0.717) is 27.1 Å². The van der Waals surface area contributed by atoms with E-state index in [0.717, 1.165) is 0 Å². The Morgan fingerprint density at radius 2 is 1.80 bits per heavy atom. The fourth-order valence-corrected chi connectivity index (χ4v) is 2.36. The van der Waals surface area contributed by atoms with Crippen LogP contribution in [0, 0.1) is 5.82 Å². The van der Waals surface area contributed by atoms with E-state index in [2.05, 4.69) is 10.4 Å². The molecular weight excluding hydrogens is 331 g/mol. The molecule has 1 amide bonds. The molecule has 3 rings (SSSR count). The number of alkyl halides is 2. The molecule has 0 spiro atoms. The highest BCUT2D eigenvalue weighted by Gasteiger charge is 2.10. The SMILES string of the molecule is O=C(Cc1ccccc1F)Nc1ccc(-c2cnn(C(F)F)c2)cc1. The molecule has 0 unspecified atom stereocenters. The van der Waals surface area contributed by atoms with Crippen molar-refractivity contribution in [2.45, 2.75) is 13.0 Å². The summed E-state index contributed by atoms with van der Waals surface area (Å²) in [7, 11) is 0. The third-order valence-corrected chi connectivity index (χ3v) is 3.61. The van der Waals surface area contributed by atoms with Gasteiger partial charge in [-0.15, -0.1) is 0 Å². The summed E-state index contributed by atoms with van der Waals surface area (Å²) in [4.78, 5) is 12.0. The summed E-state index contributed by atoms with van der Waals surface area (Å²) >= 11 is 0. The lowest BCUT2D eigenvalue weighted by Gasteiger charge is -2.07. The second-order valence-electron chi connectivity index (χ2n) is 5.38. The van der Waals surface area contributed by atoms with Gasteiger partial charge < -0.3 is 5.32 Å². The van der Waals surface area contributed by atoms with Crippen molar-refractivity contribution in [2.24, 2.45) is 0 Å².